The van der Waals surface area contributed by atoms with E-state index in [2.05, 4.69) is 6.55 Å². The summed E-state index contributed by atoms with van der Waals surface area (Å²) in [7, 11) is 1.31. The van der Waals surface area contributed by atoms with Gasteiger partial charge < -0.3 is 0 Å². The Hall–Kier alpha value is 0.217. The summed E-state index contributed by atoms with van der Waals surface area (Å²) in [5.41, 5.74) is 0. The Labute approximate surface area is 43.4 Å². The first-order valence-electron chi connectivity index (χ1n) is 3.00. The van der Waals surface area contributed by atoms with E-state index in [0.29, 0.717) is 0 Å². The Morgan fingerprint density at radius 2 is 1.00 bits per heavy atom. The molecule has 0 aliphatic heterocycles. The second kappa shape index (κ2) is 5.22. The Bertz CT molecular complexity index is 11.9. The second-order valence-corrected chi connectivity index (χ2v) is 1.41. The molecule has 0 N–H and O–H groups in total. The molecule has 0 aromatic heterocycles. The van der Waals surface area contributed by atoms with E-state index in [1.54, 1.807) is 0 Å². The van der Waals surface area contributed by atoms with Crippen LogP contribution >= 0.6 is 0 Å². The van der Waals surface area contributed by atoms with E-state index in [-0.39, 0.29) is 0 Å². The smallest absolute Gasteiger partial charge is 0.000585 e. The van der Waals surface area contributed by atoms with Crippen molar-refractivity contribution in [2.75, 3.05) is 0 Å². The van der Waals surface area contributed by atoms with Crippen molar-refractivity contribution < 1.29 is 0 Å². The minimum Gasteiger partial charge on any atom is -0.0777 e. The van der Waals surface area contributed by atoms with E-state index >= 15 is 0 Å². The molecule has 1 fully saturated rings. The van der Waals surface area contributed by atoms with Crippen LogP contribution in [0.25, 0.3) is 0 Å². The summed E-state index contributed by atoms with van der Waals surface area (Å²) in [4.78, 5) is 0. The van der Waals surface area contributed by atoms with Gasteiger partial charge in [-0.25, -0.2) is 0 Å². The first-order chi connectivity index (χ1) is 3.00. The van der Waals surface area contributed by atoms with Crippen LogP contribution in [-0.2, 0) is 0 Å². The maximum Gasteiger partial charge on any atom is -0.000585 e. The van der Waals surface area contributed by atoms with Crippen LogP contribution in [0.4, 0.5) is 0 Å². The first-order valence-corrected chi connectivity index (χ1v) is 5.00. The maximum absolute atomic E-state index is 2.14. The highest BCUT2D eigenvalue weighted by atomic mass is 28.1. The van der Waals surface area contributed by atoms with Crippen molar-refractivity contribution in [1.29, 1.82) is 0 Å². The molecule has 0 spiro atoms. The maximum atomic E-state index is 2.14. The van der Waals surface area contributed by atoms with E-state index in [0.717, 1.165) is 0 Å². The van der Waals surface area contributed by atoms with E-state index in [1.807, 2.05) is 0 Å². The minimum atomic E-state index is 1.31. The predicted molar refractivity (Wildman–Crippen MR) is 34.3 cm³/mol. The fraction of sp³-hybridized carbons (Fsp3) is 1.00. The summed E-state index contributed by atoms with van der Waals surface area (Å²) in [6.07, 6.45) is 6.00. The summed E-state index contributed by atoms with van der Waals surface area (Å²) in [5, 5.41) is 0. The predicted octanol–water partition coefficient (Wildman–Crippen LogP) is 0.960. The molecule has 1 saturated carbocycles. The quantitative estimate of drug-likeness (QED) is 0.400. The number of hydrogen-bond donors (Lipinski definition) is 0. The molecule has 0 heterocycles. The summed E-state index contributed by atoms with van der Waals surface area (Å²) < 4.78 is 0. The van der Waals surface area contributed by atoms with Gasteiger partial charge in [0.15, 0.2) is 0 Å². The molecule has 0 saturated heterocycles. The lowest BCUT2D eigenvalue weighted by Crippen LogP contribution is -1.85. The molecule has 6 heavy (non-hydrogen) atoms. The molecule has 0 radical (unpaired) electrons. The summed E-state index contributed by atoms with van der Waals surface area (Å²) in [6, 6.07) is 0. The van der Waals surface area contributed by atoms with Crippen LogP contribution in [0.15, 0.2) is 0 Å². The van der Waals surface area contributed by atoms with Gasteiger partial charge >= 0.3 is 0 Å². The van der Waals surface area contributed by atoms with E-state index < -0.39 is 0 Å². The molecule has 0 unspecified atom stereocenters. The SMILES string of the molecule is C1CCC1.C[SiH3]. The van der Waals surface area contributed by atoms with E-state index in [4.69, 9.17) is 0 Å². The lowest BCUT2D eigenvalue weighted by molar-refractivity contribution is 0.504. The standard InChI is InChI=1S/C4H8.CH6Si/c1-2-4-3-1;1-2/h1-4H2;1-2H3. The van der Waals surface area contributed by atoms with Crippen LogP contribution < -0.4 is 0 Å². The van der Waals surface area contributed by atoms with Gasteiger partial charge in [-0.05, 0) is 10.2 Å². The molecule has 0 nitrogen and oxygen atoms in total. The molecule has 1 aliphatic carbocycles. The Morgan fingerprint density at radius 3 is 1.00 bits per heavy atom. The van der Waals surface area contributed by atoms with Crippen molar-refractivity contribution in [3.05, 3.63) is 0 Å². The topological polar surface area (TPSA) is 0 Å². The summed E-state index contributed by atoms with van der Waals surface area (Å²) >= 11 is 0. The Kier molecular flexibility index (Phi) is 5.41. The molecule has 1 aliphatic rings. The minimum absolute atomic E-state index is 1.31. The van der Waals surface area contributed by atoms with Crippen LogP contribution in [0.2, 0.25) is 6.55 Å². The van der Waals surface area contributed by atoms with Gasteiger partial charge in [0.05, 0.1) is 0 Å². The Balaban J connectivity index is 0.000000112. The van der Waals surface area contributed by atoms with Crippen molar-refractivity contribution in [3.63, 3.8) is 0 Å². The van der Waals surface area contributed by atoms with Crippen molar-refractivity contribution in [2.24, 2.45) is 0 Å². The van der Waals surface area contributed by atoms with Crippen LogP contribution in [0, 0.1) is 0 Å². The zero-order chi connectivity index (χ0) is 4.83. The molecule has 0 aromatic carbocycles. The van der Waals surface area contributed by atoms with Gasteiger partial charge in [0.25, 0.3) is 0 Å². The van der Waals surface area contributed by atoms with E-state index in [9.17, 15) is 0 Å². The third-order valence-electron chi connectivity index (χ3n) is 1.000. The fourth-order valence-corrected chi connectivity index (χ4v) is 0.250. The molecule has 0 bridgehead atoms. The van der Waals surface area contributed by atoms with Gasteiger partial charge in [-0.15, -0.1) is 0 Å². The van der Waals surface area contributed by atoms with Gasteiger partial charge in [0.2, 0.25) is 0 Å². The fourth-order valence-electron chi connectivity index (χ4n) is 0.250. The zero-order valence-corrected chi connectivity index (χ0v) is 6.83. The largest absolute Gasteiger partial charge is 0.0777 e. The van der Waals surface area contributed by atoms with Crippen molar-refractivity contribution in [1.82, 2.24) is 0 Å². The van der Waals surface area contributed by atoms with Crippen LogP contribution in [0.1, 0.15) is 25.7 Å². The van der Waals surface area contributed by atoms with Crippen LogP contribution in [-0.4, -0.2) is 10.2 Å². The second-order valence-electron chi connectivity index (χ2n) is 1.41. The zero-order valence-electron chi connectivity index (χ0n) is 4.83. The molecular weight excluding hydrogens is 88.1 g/mol. The molecule has 38 valence electrons. The molecular formula is C5H14Si. The van der Waals surface area contributed by atoms with Gasteiger partial charge in [-0.2, -0.15) is 0 Å². The highest BCUT2D eigenvalue weighted by Crippen LogP contribution is 2.15. The van der Waals surface area contributed by atoms with Gasteiger partial charge in [0, 0.05) is 0 Å². The molecule has 1 heteroatoms. The summed E-state index contributed by atoms with van der Waals surface area (Å²) in [5.74, 6) is 0. The third-order valence-corrected chi connectivity index (χ3v) is 1.000. The van der Waals surface area contributed by atoms with Crippen LogP contribution in [0.3, 0.4) is 0 Å². The highest BCUT2D eigenvalue weighted by Gasteiger charge is 1.95. The highest BCUT2D eigenvalue weighted by molar-refractivity contribution is 6.05. The number of hydrogen-bond acceptors (Lipinski definition) is 0. The van der Waals surface area contributed by atoms with Gasteiger partial charge in [0.1, 0.15) is 0 Å². The van der Waals surface area contributed by atoms with Crippen molar-refractivity contribution >= 4 is 10.2 Å². The molecule has 1 rings (SSSR count). The Morgan fingerprint density at radius 1 is 0.833 bits per heavy atom. The van der Waals surface area contributed by atoms with Crippen molar-refractivity contribution in [2.45, 2.75) is 32.2 Å². The number of rotatable bonds is 0. The van der Waals surface area contributed by atoms with Gasteiger partial charge in [-0.3, -0.25) is 0 Å². The lowest BCUT2D eigenvalue weighted by Gasteiger charge is -2.05. The molecule has 0 atom stereocenters. The van der Waals surface area contributed by atoms with Gasteiger partial charge in [-0.1, -0.05) is 32.2 Å². The average molecular weight is 102 g/mol. The van der Waals surface area contributed by atoms with E-state index in [1.165, 1.54) is 35.9 Å². The van der Waals surface area contributed by atoms with Crippen LogP contribution in [0.5, 0.6) is 0 Å². The molecule has 0 amide bonds. The normalized spacial score (nSPS) is 17.5. The molecule has 0 aromatic rings. The lowest BCUT2D eigenvalue weighted by atomic mass is 10.0. The summed E-state index contributed by atoms with van der Waals surface area (Å²) in [6.45, 7) is 2.14. The first kappa shape index (κ1) is 6.22. The monoisotopic (exact) mass is 102 g/mol. The van der Waals surface area contributed by atoms with Crippen molar-refractivity contribution in [3.8, 4) is 0 Å². The average Bonchev–Trinajstić information content (AvgIpc) is 1.36. The third kappa shape index (κ3) is 2.45.